The van der Waals surface area contributed by atoms with Crippen molar-refractivity contribution in [3.8, 4) is 22.6 Å². The zero-order valence-electron chi connectivity index (χ0n) is 24.5. The van der Waals surface area contributed by atoms with Gasteiger partial charge in [-0.3, -0.25) is 0 Å². The summed E-state index contributed by atoms with van der Waals surface area (Å²) in [5, 5.41) is 0. The summed E-state index contributed by atoms with van der Waals surface area (Å²) in [7, 11) is 0. The standard InChI is InChI=1S/C36H54O2/c1-3-7-29-11-15-31(16-12-29)9-5-27-37-35-23-19-33(20-24-35)34-21-25-36(26-22-34)38-28-6-10-32-17-13-30(8-4-2)14-18-32/h19-26,29-32H,3-18,27-28H2,1-2H3/t29-,30-,31-,32-. The molecule has 4 rings (SSSR count). The van der Waals surface area contributed by atoms with Crippen LogP contribution in [-0.2, 0) is 0 Å². The zero-order valence-corrected chi connectivity index (χ0v) is 24.5. The third-order valence-corrected chi connectivity index (χ3v) is 9.42. The van der Waals surface area contributed by atoms with E-state index in [1.807, 2.05) is 0 Å². The normalized spacial score (nSPS) is 23.7. The molecule has 2 fully saturated rings. The van der Waals surface area contributed by atoms with Gasteiger partial charge in [0.1, 0.15) is 11.5 Å². The van der Waals surface area contributed by atoms with E-state index < -0.39 is 0 Å². The Morgan fingerprint density at radius 3 is 1.11 bits per heavy atom. The average molecular weight is 519 g/mol. The Balaban J connectivity index is 1.09. The van der Waals surface area contributed by atoms with E-state index in [9.17, 15) is 0 Å². The van der Waals surface area contributed by atoms with Gasteiger partial charge >= 0.3 is 0 Å². The summed E-state index contributed by atoms with van der Waals surface area (Å²) < 4.78 is 12.1. The first-order chi connectivity index (χ1) is 18.7. The molecule has 2 aromatic carbocycles. The van der Waals surface area contributed by atoms with E-state index in [4.69, 9.17) is 9.47 Å². The van der Waals surface area contributed by atoms with Gasteiger partial charge in [-0.25, -0.2) is 0 Å². The van der Waals surface area contributed by atoms with Crippen LogP contribution in [0.4, 0.5) is 0 Å². The molecule has 0 spiro atoms. The van der Waals surface area contributed by atoms with Gasteiger partial charge in [0.05, 0.1) is 13.2 Å². The van der Waals surface area contributed by atoms with Crippen LogP contribution in [0.1, 0.15) is 117 Å². The molecule has 2 aromatic rings. The van der Waals surface area contributed by atoms with Crippen molar-refractivity contribution in [2.45, 2.75) is 117 Å². The lowest BCUT2D eigenvalue weighted by Crippen LogP contribution is -2.15. The van der Waals surface area contributed by atoms with Crippen LogP contribution in [0.2, 0.25) is 0 Å². The zero-order chi connectivity index (χ0) is 26.4. The van der Waals surface area contributed by atoms with E-state index >= 15 is 0 Å². The first-order valence-electron chi connectivity index (χ1n) is 16.2. The molecule has 2 heteroatoms. The molecule has 0 N–H and O–H groups in total. The summed E-state index contributed by atoms with van der Waals surface area (Å²) in [6.45, 7) is 6.31. The van der Waals surface area contributed by atoms with Crippen LogP contribution in [0.15, 0.2) is 48.5 Å². The van der Waals surface area contributed by atoms with Crippen LogP contribution in [0.3, 0.4) is 0 Å². The van der Waals surface area contributed by atoms with Gasteiger partial charge < -0.3 is 9.47 Å². The van der Waals surface area contributed by atoms with E-state index in [0.717, 1.165) is 48.4 Å². The first-order valence-corrected chi connectivity index (χ1v) is 16.2. The highest BCUT2D eigenvalue weighted by atomic mass is 16.5. The van der Waals surface area contributed by atoms with Gasteiger partial charge in [-0.1, -0.05) is 115 Å². The molecule has 0 aromatic heterocycles. The molecular formula is C36H54O2. The van der Waals surface area contributed by atoms with Gasteiger partial charge in [0.2, 0.25) is 0 Å². The third-order valence-electron chi connectivity index (χ3n) is 9.42. The Morgan fingerprint density at radius 1 is 0.474 bits per heavy atom. The molecule has 0 heterocycles. The number of hydrogen-bond acceptors (Lipinski definition) is 2. The number of ether oxygens (including phenoxy) is 2. The molecule has 0 radical (unpaired) electrons. The van der Waals surface area contributed by atoms with Crippen molar-refractivity contribution in [3.05, 3.63) is 48.5 Å². The molecule has 210 valence electrons. The van der Waals surface area contributed by atoms with Crippen molar-refractivity contribution in [3.63, 3.8) is 0 Å². The van der Waals surface area contributed by atoms with Crippen molar-refractivity contribution in [1.82, 2.24) is 0 Å². The lowest BCUT2D eigenvalue weighted by Gasteiger charge is -2.28. The second-order valence-electron chi connectivity index (χ2n) is 12.4. The predicted octanol–water partition coefficient (Wildman–Crippen LogP) is 10.9. The highest BCUT2D eigenvalue weighted by Crippen LogP contribution is 2.35. The minimum Gasteiger partial charge on any atom is -0.494 e. The molecule has 2 aliphatic rings. The second kappa shape index (κ2) is 16.2. The fourth-order valence-electron chi connectivity index (χ4n) is 7.05. The summed E-state index contributed by atoms with van der Waals surface area (Å²) in [5.41, 5.74) is 2.46. The lowest BCUT2D eigenvalue weighted by atomic mass is 9.78. The second-order valence-corrected chi connectivity index (χ2v) is 12.4. The largest absolute Gasteiger partial charge is 0.494 e. The van der Waals surface area contributed by atoms with Crippen molar-refractivity contribution in [2.24, 2.45) is 23.7 Å². The Kier molecular flexibility index (Phi) is 12.4. The predicted molar refractivity (Wildman–Crippen MR) is 162 cm³/mol. The number of hydrogen-bond donors (Lipinski definition) is 0. The SMILES string of the molecule is CCC[C@H]1CC[C@H](CCCOc2ccc(-c3ccc(OCCC[C@H]4CC[C@H](CCC)CC4)cc3)cc2)CC1. The van der Waals surface area contributed by atoms with Gasteiger partial charge in [0, 0.05) is 0 Å². The van der Waals surface area contributed by atoms with Gasteiger partial charge in [0.25, 0.3) is 0 Å². The molecule has 2 saturated carbocycles. The van der Waals surface area contributed by atoms with Crippen molar-refractivity contribution in [1.29, 1.82) is 0 Å². The fraction of sp³-hybridized carbons (Fsp3) is 0.667. The molecule has 0 amide bonds. The summed E-state index contributed by atoms with van der Waals surface area (Å²) >= 11 is 0. The molecule has 0 saturated heterocycles. The van der Waals surface area contributed by atoms with E-state index in [1.165, 1.54) is 114 Å². The van der Waals surface area contributed by atoms with Gasteiger partial charge in [-0.2, -0.15) is 0 Å². The van der Waals surface area contributed by atoms with Crippen LogP contribution in [0.25, 0.3) is 11.1 Å². The van der Waals surface area contributed by atoms with E-state index in [0.29, 0.717) is 0 Å². The maximum Gasteiger partial charge on any atom is 0.119 e. The highest BCUT2D eigenvalue weighted by molar-refractivity contribution is 5.64. The van der Waals surface area contributed by atoms with E-state index in [-0.39, 0.29) is 0 Å². The van der Waals surface area contributed by atoms with Crippen LogP contribution in [0, 0.1) is 23.7 Å². The van der Waals surface area contributed by atoms with Crippen LogP contribution < -0.4 is 9.47 Å². The molecular weight excluding hydrogens is 464 g/mol. The lowest BCUT2D eigenvalue weighted by molar-refractivity contribution is 0.230. The molecule has 38 heavy (non-hydrogen) atoms. The van der Waals surface area contributed by atoms with Gasteiger partial charge in [-0.05, 0) is 84.7 Å². The topological polar surface area (TPSA) is 18.5 Å². The smallest absolute Gasteiger partial charge is 0.119 e. The summed E-state index contributed by atoms with van der Waals surface area (Å²) in [4.78, 5) is 0. The number of rotatable bonds is 15. The molecule has 0 unspecified atom stereocenters. The maximum absolute atomic E-state index is 6.06. The van der Waals surface area contributed by atoms with Crippen molar-refractivity contribution < 1.29 is 9.47 Å². The van der Waals surface area contributed by atoms with Crippen molar-refractivity contribution >= 4 is 0 Å². The third kappa shape index (κ3) is 9.65. The maximum atomic E-state index is 6.06. The van der Waals surface area contributed by atoms with Gasteiger partial charge in [-0.15, -0.1) is 0 Å². The molecule has 0 bridgehead atoms. The quantitative estimate of drug-likeness (QED) is 0.218. The van der Waals surface area contributed by atoms with Crippen LogP contribution in [-0.4, -0.2) is 13.2 Å². The molecule has 2 aliphatic carbocycles. The highest BCUT2D eigenvalue weighted by Gasteiger charge is 2.21. The monoisotopic (exact) mass is 518 g/mol. The average Bonchev–Trinajstić information content (AvgIpc) is 2.96. The van der Waals surface area contributed by atoms with Crippen LogP contribution >= 0.6 is 0 Å². The Morgan fingerprint density at radius 2 is 0.789 bits per heavy atom. The van der Waals surface area contributed by atoms with Gasteiger partial charge in [0.15, 0.2) is 0 Å². The van der Waals surface area contributed by atoms with E-state index in [1.54, 1.807) is 0 Å². The first kappa shape index (κ1) is 29.0. The fourth-order valence-corrected chi connectivity index (χ4v) is 7.05. The summed E-state index contributed by atoms with van der Waals surface area (Å²) in [6.07, 6.45) is 22.1. The van der Waals surface area contributed by atoms with Crippen molar-refractivity contribution in [2.75, 3.05) is 13.2 Å². The minimum atomic E-state index is 0.834. The summed E-state index contributed by atoms with van der Waals surface area (Å²) in [6, 6.07) is 17.2. The molecule has 0 atom stereocenters. The summed E-state index contributed by atoms with van der Waals surface area (Å²) in [5.74, 6) is 5.83. The Hall–Kier alpha value is -1.96. The Bertz CT molecular complexity index is 795. The number of benzene rings is 2. The minimum absolute atomic E-state index is 0.834. The van der Waals surface area contributed by atoms with E-state index in [2.05, 4.69) is 62.4 Å². The van der Waals surface area contributed by atoms with Crippen LogP contribution in [0.5, 0.6) is 11.5 Å². The molecule has 2 nitrogen and oxygen atoms in total. The Labute approximate surface area is 233 Å². The molecule has 0 aliphatic heterocycles.